The van der Waals surface area contributed by atoms with Gasteiger partial charge in [-0.15, -0.1) is 0 Å². The fraction of sp³-hybridized carbons (Fsp3) is 0.300. The molecule has 1 aromatic heterocycles. The average molecular weight is 350 g/mol. The Morgan fingerprint density at radius 3 is 2.88 bits per heavy atom. The van der Waals surface area contributed by atoms with Crippen molar-refractivity contribution in [1.82, 2.24) is 14.5 Å². The number of hydrogen-bond donors (Lipinski definition) is 2. The number of hydrogen-bond acceptors (Lipinski definition) is 4. The van der Waals surface area contributed by atoms with Crippen LogP contribution in [0.25, 0.3) is 11.0 Å². The number of aliphatic hydroxyl groups is 1. The van der Waals surface area contributed by atoms with Crippen LogP contribution in [0.4, 0.5) is 5.95 Å². The fourth-order valence-corrected chi connectivity index (χ4v) is 3.46. The van der Waals surface area contributed by atoms with Gasteiger partial charge in [0.15, 0.2) is 0 Å². The summed E-state index contributed by atoms with van der Waals surface area (Å²) in [6, 6.07) is 15.4. The quantitative estimate of drug-likeness (QED) is 0.758. The number of likely N-dealkylation sites (tertiary alicyclic amines) is 1. The number of anilines is 1. The molecule has 0 saturated carbocycles. The Morgan fingerprint density at radius 2 is 2.12 bits per heavy atom. The van der Waals surface area contributed by atoms with Crippen LogP contribution in [-0.4, -0.2) is 44.7 Å². The van der Waals surface area contributed by atoms with Gasteiger partial charge in [-0.1, -0.05) is 24.3 Å². The largest absolute Gasteiger partial charge is 0.392 e. The molecule has 2 heterocycles. The molecule has 0 spiro atoms. The summed E-state index contributed by atoms with van der Waals surface area (Å²) in [5.74, 6) is 0.357. The molecule has 0 bridgehead atoms. The van der Waals surface area contributed by atoms with Crippen LogP contribution in [0.5, 0.6) is 0 Å². The number of carbonyl (C=O) groups excluding carboxylic acids is 1. The van der Waals surface area contributed by atoms with Gasteiger partial charge in [0.05, 0.1) is 17.1 Å². The SMILES string of the molecule is Cn1c(NC(=O)c2cccc(CN3CC[C@H](O)C3)c2)nc2ccccc21. The molecular formula is C20H22N4O2. The van der Waals surface area contributed by atoms with Crippen LogP contribution in [0.1, 0.15) is 22.3 Å². The summed E-state index contributed by atoms with van der Waals surface area (Å²) in [6.07, 6.45) is 0.575. The van der Waals surface area contributed by atoms with E-state index < -0.39 is 0 Å². The van der Waals surface area contributed by atoms with E-state index in [1.165, 1.54) is 0 Å². The molecule has 26 heavy (non-hydrogen) atoms. The minimum Gasteiger partial charge on any atom is -0.392 e. The molecular weight excluding hydrogens is 328 g/mol. The molecule has 0 radical (unpaired) electrons. The topological polar surface area (TPSA) is 70.4 Å². The lowest BCUT2D eigenvalue weighted by atomic mass is 10.1. The Hall–Kier alpha value is -2.70. The van der Waals surface area contributed by atoms with Gasteiger partial charge in [-0.2, -0.15) is 0 Å². The van der Waals surface area contributed by atoms with Gasteiger partial charge in [0, 0.05) is 32.2 Å². The Labute approximate surface area is 152 Å². The van der Waals surface area contributed by atoms with E-state index in [0.29, 0.717) is 18.1 Å². The van der Waals surface area contributed by atoms with Crippen molar-refractivity contribution < 1.29 is 9.90 Å². The van der Waals surface area contributed by atoms with Gasteiger partial charge in [0.25, 0.3) is 5.91 Å². The molecule has 0 aliphatic carbocycles. The second-order valence-corrected chi connectivity index (χ2v) is 6.82. The lowest BCUT2D eigenvalue weighted by Gasteiger charge is -2.15. The zero-order chi connectivity index (χ0) is 18.1. The summed E-state index contributed by atoms with van der Waals surface area (Å²) < 4.78 is 1.88. The Balaban J connectivity index is 1.50. The maximum atomic E-state index is 12.7. The standard InChI is InChI=1S/C20H22N4O2/c1-23-18-8-3-2-7-17(18)21-20(23)22-19(26)15-6-4-5-14(11-15)12-24-10-9-16(25)13-24/h2-8,11,16,25H,9-10,12-13H2,1H3,(H,21,22,26)/t16-/m0/s1. The van der Waals surface area contributed by atoms with Gasteiger partial charge in [0.1, 0.15) is 0 Å². The monoisotopic (exact) mass is 350 g/mol. The van der Waals surface area contributed by atoms with Crippen molar-refractivity contribution in [2.75, 3.05) is 18.4 Å². The van der Waals surface area contributed by atoms with Crippen molar-refractivity contribution in [3.05, 3.63) is 59.7 Å². The summed E-state index contributed by atoms with van der Waals surface area (Å²) in [4.78, 5) is 19.4. The van der Waals surface area contributed by atoms with E-state index in [1.807, 2.05) is 54.1 Å². The van der Waals surface area contributed by atoms with E-state index in [1.54, 1.807) is 6.07 Å². The maximum Gasteiger partial charge on any atom is 0.257 e. The van der Waals surface area contributed by atoms with Crippen LogP contribution in [0.3, 0.4) is 0 Å². The smallest absolute Gasteiger partial charge is 0.257 e. The van der Waals surface area contributed by atoms with E-state index in [4.69, 9.17) is 0 Å². The molecule has 1 aliphatic rings. The number of para-hydroxylation sites is 2. The minimum absolute atomic E-state index is 0.174. The molecule has 0 unspecified atom stereocenters. The summed E-state index contributed by atoms with van der Waals surface area (Å²) in [7, 11) is 1.89. The van der Waals surface area contributed by atoms with Crippen LogP contribution in [0.15, 0.2) is 48.5 Å². The molecule has 1 saturated heterocycles. The first kappa shape index (κ1) is 16.8. The van der Waals surface area contributed by atoms with Crippen LogP contribution in [0.2, 0.25) is 0 Å². The third kappa shape index (κ3) is 3.34. The Morgan fingerprint density at radius 1 is 1.27 bits per heavy atom. The molecule has 2 aromatic carbocycles. The number of β-amino-alcohol motifs (C(OH)–C–C–N with tert-alkyl or cyclic N) is 1. The molecule has 1 amide bonds. The molecule has 1 atom stereocenters. The van der Waals surface area contributed by atoms with E-state index in [9.17, 15) is 9.90 Å². The molecule has 1 aliphatic heterocycles. The van der Waals surface area contributed by atoms with E-state index in [0.717, 1.165) is 36.1 Å². The third-order valence-corrected chi connectivity index (χ3v) is 4.86. The van der Waals surface area contributed by atoms with Gasteiger partial charge < -0.3 is 9.67 Å². The normalized spacial score (nSPS) is 17.7. The Bertz CT molecular complexity index is 950. The van der Waals surface area contributed by atoms with Gasteiger partial charge in [-0.3, -0.25) is 15.0 Å². The highest BCUT2D eigenvalue weighted by Crippen LogP contribution is 2.19. The number of aliphatic hydroxyl groups excluding tert-OH is 1. The van der Waals surface area contributed by atoms with Crippen molar-refractivity contribution in [3.63, 3.8) is 0 Å². The van der Waals surface area contributed by atoms with Gasteiger partial charge in [-0.05, 0) is 36.2 Å². The summed E-state index contributed by atoms with van der Waals surface area (Å²) in [5.41, 5.74) is 3.50. The van der Waals surface area contributed by atoms with Crippen LogP contribution in [-0.2, 0) is 13.6 Å². The highest BCUT2D eigenvalue weighted by atomic mass is 16.3. The number of amides is 1. The number of carbonyl (C=O) groups is 1. The Kier molecular flexibility index (Phi) is 4.44. The van der Waals surface area contributed by atoms with Gasteiger partial charge in [-0.25, -0.2) is 4.98 Å². The second kappa shape index (κ2) is 6.90. The molecule has 1 fully saturated rings. The summed E-state index contributed by atoms with van der Waals surface area (Å²) >= 11 is 0. The lowest BCUT2D eigenvalue weighted by Crippen LogP contribution is -2.22. The average Bonchev–Trinajstić information content (AvgIpc) is 3.19. The van der Waals surface area contributed by atoms with E-state index in [2.05, 4.69) is 15.2 Å². The van der Waals surface area contributed by atoms with Crippen LogP contribution >= 0.6 is 0 Å². The third-order valence-electron chi connectivity index (χ3n) is 4.86. The van der Waals surface area contributed by atoms with Crippen molar-refractivity contribution in [3.8, 4) is 0 Å². The first-order chi connectivity index (χ1) is 12.6. The molecule has 6 nitrogen and oxygen atoms in total. The fourth-order valence-electron chi connectivity index (χ4n) is 3.46. The zero-order valence-corrected chi connectivity index (χ0v) is 14.7. The number of fused-ring (bicyclic) bond motifs is 1. The lowest BCUT2D eigenvalue weighted by molar-refractivity contribution is 0.102. The van der Waals surface area contributed by atoms with Crippen molar-refractivity contribution >= 4 is 22.9 Å². The van der Waals surface area contributed by atoms with E-state index >= 15 is 0 Å². The zero-order valence-electron chi connectivity index (χ0n) is 14.7. The number of imidazole rings is 1. The number of rotatable bonds is 4. The number of aryl methyl sites for hydroxylation is 1. The van der Waals surface area contributed by atoms with Gasteiger partial charge >= 0.3 is 0 Å². The van der Waals surface area contributed by atoms with Gasteiger partial charge in [0.2, 0.25) is 5.95 Å². The van der Waals surface area contributed by atoms with E-state index in [-0.39, 0.29) is 12.0 Å². The molecule has 134 valence electrons. The molecule has 2 N–H and O–H groups in total. The first-order valence-electron chi connectivity index (χ1n) is 8.82. The molecule has 4 rings (SSSR count). The number of nitrogens with zero attached hydrogens (tertiary/aromatic N) is 3. The first-order valence-corrected chi connectivity index (χ1v) is 8.82. The predicted molar refractivity (Wildman–Crippen MR) is 101 cm³/mol. The van der Waals surface area contributed by atoms with Crippen molar-refractivity contribution in [2.45, 2.75) is 19.1 Å². The molecule has 6 heteroatoms. The van der Waals surface area contributed by atoms with Crippen LogP contribution < -0.4 is 5.32 Å². The highest BCUT2D eigenvalue weighted by molar-refractivity contribution is 6.04. The summed E-state index contributed by atoms with van der Waals surface area (Å²) in [5, 5.41) is 12.6. The highest BCUT2D eigenvalue weighted by Gasteiger charge is 2.20. The number of aromatic nitrogens is 2. The minimum atomic E-state index is -0.237. The summed E-state index contributed by atoms with van der Waals surface area (Å²) in [6.45, 7) is 2.32. The van der Waals surface area contributed by atoms with Crippen molar-refractivity contribution in [1.29, 1.82) is 0 Å². The number of nitrogens with one attached hydrogen (secondary N) is 1. The van der Waals surface area contributed by atoms with Crippen molar-refractivity contribution in [2.24, 2.45) is 7.05 Å². The maximum absolute atomic E-state index is 12.7. The number of benzene rings is 2. The second-order valence-electron chi connectivity index (χ2n) is 6.82. The van der Waals surface area contributed by atoms with Crippen LogP contribution in [0, 0.1) is 0 Å². The predicted octanol–water partition coefficient (Wildman–Crippen LogP) is 2.39. The molecule has 3 aromatic rings.